The van der Waals surface area contributed by atoms with Gasteiger partial charge in [-0.05, 0) is 49.4 Å². The fraction of sp³-hybridized carbons (Fsp3) is 0.450. The first-order valence-electron chi connectivity index (χ1n) is 9.77. The number of hydrogen-bond donors (Lipinski definition) is 3. The van der Waals surface area contributed by atoms with Gasteiger partial charge < -0.3 is 20.9 Å². The first-order chi connectivity index (χ1) is 13.8. The molecule has 0 unspecified atom stereocenters. The Balaban J connectivity index is 1.42. The van der Waals surface area contributed by atoms with Crippen LogP contribution in [0.1, 0.15) is 30.1 Å². The van der Waals surface area contributed by atoms with Crippen molar-refractivity contribution in [3.63, 3.8) is 0 Å². The molecular weight excluding hydrogens is 372 g/mol. The van der Waals surface area contributed by atoms with E-state index in [1.807, 2.05) is 0 Å². The molecule has 3 rings (SSSR count). The van der Waals surface area contributed by atoms with Gasteiger partial charge in [-0.3, -0.25) is 14.8 Å². The van der Waals surface area contributed by atoms with Gasteiger partial charge in [0.1, 0.15) is 0 Å². The van der Waals surface area contributed by atoms with E-state index in [0.29, 0.717) is 24.7 Å². The van der Waals surface area contributed by atoms with Gasteiger partial charge >= 0.3 is 0 Å². The molecule has 2 aromatic rings. The molecule has 0 radical (unpaired) electrons. The minimum absolute atomic E-state index is 0.123. The summed E-state index contributed by atoms with van der Waals surface area (Å²) in [5.41, 5.74) is 0.564. The van der Waals surface area contributed by atoms with Crippen LogP contribution in [0.4, 0.5) is 5.00 Å². The molecule has 3 heterocycles. The highest BCUT2D eigenvalue weighted by Gasteiger charge is 2.20. The maximum atomic E-state index is 12.0. The van der Waals surface area contributed by atoms with Gasteiger partial charge in [0.25, 0.3) is 5.91 Å². The minimum Gasteiger partial charge on any atom is -0.363 e. The largest absolute Gasteiger partial charge is 0.363 e. The normalized spacial score (nSPS) is 15.3. The van der Waals surface area contributed by atoms with Crippen molar-refractivity contribution in [2.75, 3.05) is 37.6 Å². The topological polar surface area (TPSA) is 81.6 Å². The van der Waals surface area contributed by atoms with Crippen LogP contribution in [0.2, 0.25) is 0 Å². The van der Waals surface area contributed by atoms with Crippen LogP contribution < -0.4 is 20.9 Å². The van der Waals surface area contributed by atoms with Crippen LogP contribution in [0.3, 0.4) is 0 Å². The maximum absolute atomic E-state index is 12.0. The van der Waals surface area contributed by atoms with Gasteiger partial charge in [-0.2, -0.15) is 0 Å². The number of thiophene rings is 1. The second-order valence-corrected chi connectivity index (χ2v) is 7.54. The quantitative estimate of drug-likeness (QED) is 0.377. The molecule has 150 valence electrons. The first kappa shape index (κ1) is 20.1. The number of nitrogens with zero attached hydrogens (tertiary/aromatic N) is 3. The highest BCUT2D eigenvalue weighted by molar-refractivity contribution is 7.14. The molecule has 1 aliphatic heterocycles. The van der Waals surface area contributed by atoms with E-state index in [1.54, 1.807) is 35.9 Å². The zero-order valence-electron chi connectivity index (χ0n) is 16.2. The van der Waals surface area contributed by atoms with Gasteiger partial charge in [0.15, 0.2) is 5.96 Å². The van der Waals surface area contributed by atoms with Crippen molar-refractivity contribution >= 4 is 28.2 Å². The van der Waals surface area contributed by atoms with Gasteiger partial charge in [0.05, 0.1) is 17.1 Å². The third kappa shape index (κ3) is 5.95. The summed E-state index contributed by atoms with van der Waals surface area (Å²) in [5.74, 6) is 0.690. The van der Waals surface area contributed by atoms with E-state index in [9.17, 15) is 4.79 Å². The lowest BCUT2D eigenvalue weighted by molar-refractivity contribution is 0.0954. The fourth-order valence-corrected chi connectivity index (χ4v) is 3.93. The number of hydrogen-bond acceptors (Lipinski definition) is 5. The summed E-state index contributed by atoms with van der Waals surface area (Å²) in [6.07, 6.45) is 5.38. The fourth-order valence-electron chi connectivity index (χ4n) is 3.14. The van der Waals surface area contributed by atoms with Gasteiger partial charge in [0.2, 0.25) is 0 Å². The molecule has 1 amide bonds. The molecule has 0 spiro atoms. The molecular formula is C20H28N6OS. The van der Waals surface area contributed by atoms with E-state index < -0.39 is 0 Å². The smallest absolute Gasteiger partial charge is 0.252 e. The highest BCUT2D eigenvalue weighted by Crippen LogP contribution is 2.24. The Morgan fingerprint density at radius 2 is 2.14 bits per heavy atom. The molecule has 0 aromatic carbocycles. The lowest BCUT2D eigenvalue weighted by Gasteiger charge is -2.33. The third-order valence-corrected chi connectivity index (χ3v) is 5.52. The summed E-state index contributed by atoms with van der Waals surface area (Å²) in [6.45, 7) is 5.98. The number of guanidine groups is 1. The van der Waals surface area contributed by atoms with Crippen LogP contribution in [0.5, 0.6) is 0 Å². The number of rotatable bonds is 7. The Morgan fingerprint density at radius 3 is 2.82 bits per heavy atom. The Labute approximate surface area is 170 Å². The number of carbonyl (C=O) groups excluding carboxylic acids is 1. The summed E-state index contributed by atoms with van der Waals surface area (Å²) in [4.78, 5) is 23.0. The number of aromatic nitrogens is 1. The Morgan fingerprint density at radius 1 is 1.29 bits per heavy atom. The van der Waals surface area contributed by atoms with Crippen molar-refractivity contribution < 1.29 is 4.79 Å². The van der Waals surface area contributed by atoms with Gasteiger partial charge in [0, 0.05) is 44.6 Å². The van der Waals surface area contributed by atoms with Crippen molar-refractivity contribution in [2.45, 2.75) is 25.8 Å². The van der Waals surface area contributed by atoms with Gasteiger partial charge in [-0.15, -0.1) is 11.3 Å². The SMILES string of the molecule is CCNC(=NCCNC(=O)c1cccnc1)NC1CCN(c2cccs2)CC1. The Bertz CT molecular complexity index is 741. The second-order valence-electron chi connectivity index (χ2n) is 6.62. The number of nitrogens with one attached hydrogen (secondary N) is 3. The van der Waals surface area contributed by atoms with Gasteiger partial charge in [-0.1, -0.05) is 0 Å². The first-order valence-corrected chi connectivity index (χ1v) is 10.7. The second kappa shape index (κ2) is 10.7. The molecule has 0 atom stereocenters. The van der Waals surface area contributed by atoms with Crippen LogP contribution in [-0.2, 0) is 0 Å². The molecule has 0 bridgehead atoms. The van der Waals surface area contributed by atoms with Gasteiger partial charge in [-0.25, -0.2) is 0 Å². The van der Waals surface area contributed by atoms with E-state index >= 15 is 0 Å². The molecule has 2 aromatic heterocycles. The predicted octanol–water partition coefficient (Wildman–Crippen LogP) is 2.10. The number of pyridine rings is 1. The molecule has 8 heteroatoms. The van der Waals surface area contributed by atoms with Crippen molar-refractivity contribution in [3.05, 3.63) is 47.6 Å². The number of anilines is 1. The van der Waals surface area contributed by atoms with Crippen molar-refractivity contribution in [2.24, 2.45) is 4.99 Å². The Hall–Kier alpha value is -2.61. The molecule has 28 heavy (non-hydrogen) atoms. The standard InChI is InChI=1S/C20H28N6OS/c1-2-22-20(24-11-10-23-19(27)16-5-3-9-21-15-16)25-17-7-12-26(13-8-17)18-6-4-14-28-18/h3-6,9,14-15,17H,2,7-8,10-13H2,1H3,(H,23,27)(H2,22,24,25). The highest BCUT2D eigenvalue weighted by atomic mass is 32.1. The average molecular weight is 401 g/mol. The monoisotopic (exact) mass is 400 g/mol. The molecule has 1 fully saturated rings. The zero-order chi connectivity index (χ0) is 19.6. The van der Waals surface area contributed by atoms with E-state index in [-0.39, 0.29) is 5.91 Å². The summed E-state index contributed by atoms with van der Waals surface area (Å²) in [7, 11) is 0. The summed E-state index contributed by atoms with van der Waals surface area (Å²) in [6, 6.07) is 8.21. The van der Waals surface area contributed by atoms with E-state index in [0.717, 1.165) is 38.4 Å². The van der Waals surface area contributed by atoms with Crippen molar-refractivity contribution in [3.8, 4) is 0 Å². The number of piperidine rings is 1. The molecule has 3 N–H and O–H groups in total. The van der Waals surface area contributed by atoms with E-state index in [4.69, 9.17) is 0 Å². The Kier molecular flexibility index (Phi) is 7.66. The lowest BCUT2D eigenvalue weighted by Crippen LogP contribution is -2.48. The van der Waals surface area contributed by atoms with Crippen LogP contribution in [0, 0.1) is 0 Å². The molecule has 7 nitrogen and oxygen atoms in total. The summed E-state index contributed by atoms with van der Waals surface area (Å²) >= 11 is 1.80. The maximum Gasteiger partial charge on any atom is 0.252 e. The number of carbonyl (C=O) groups is 1. The average Bonchev–Trinajstić information content (AvgIpc) is 3.27. The molecule has 0 aliphatic carbocycles. The minimum atomic E-state index is -0.123. The summed E-state index contributed by atoms with van der Waals surface area (Å²) in [5, 5.41) is 13.2. The van der Waals surface area contributed by atoms with Crippen LogP contribution in [0.15, 0.2) is 47.0 Å². The van der Waals surface area contributed by atoms with Crippen LogP contribution >= 0.6 is 11.3 Å². The summed E-state index contributed by atoms with van der Waals surface area (Å²) < 4.78 is 0. The van der Waals surface area contributed by atoms with Crippen LogP contribution in [-0.4, -0.2) is 55.6 Å². The van der Waals surface area contributed by atoms with Crippen molar-refractivity contribution in [1.82, 2.24) is 20.9 Å². The van der Waals surface area contributed by atoms with Crippen molar-refractivity contribution in [1.29, 1.82) is 0 Å². The molecule has 1 saturated heterocycles. The third-order valence-electron chi connectivity index (χ3n) is 4.59. The predicted molar refractivity (Wildman–Crippen MR) is 115 cm³/mol. The zero-order valence-corrected chi connectivity index (χ0v) is 17.0. The molecule has 1 aliphatic rings. The molecule has 0 saturated carbocycles. The van der Waals surface area contributed by atoms with E-state index in [1.165, 1.54) is 5.00 Å². The van der Waals surface area contributed by atoms with E-state index in [2.05, 4.69) is 55.3 Å². The number of amides is 1. The lowest BCUT2D eigenvalue weighted by atomic mass is 10.1. The van der Waals surface area contributed by atoms with Crippen LogP contribution in [0.25, 0.3) is 0 Å². The number of aliphatic imine (C=N–C) groups is 1.